The van der Waals surface area contributed by atoms with Gasteiger partial charge in [-0.3, -0.25) is 6.08 Å². The van der Waals surface area contributed by atoms with Gasteiger partial charge in [0.1, 0.15) is 0 Å². The normalized spacial score (nSPS) is 17.3. The van der Waals surface area contributed by atoms with Gasteiger partial charge in [-0.05, 0) is 33.1 Å². The van der Waals surface area contributed by atoms with Crippen LogP contribution in [0.4, 0.5) is 0 Å². The number of rotatable bonds is 2. The summed E-state index contributed by atoms with van der Waals surface area (Å²) in [6.45, 7) is 32.3. The summed E-state index contributed by atoms with van der Waals surface area (Å²) < 4.78 is 1.26. The Morgan fingerprint density at radius 1 is 0.627 bits per heavy atom. The first-order valence-electron chi connectivity index (χ1n) is 20.4. The van der Waals surface area contributed by atoms with Crippen LogP contribution in [0.25, 0.3) is 32.7 Å². The number of hydrogen-bond donors (Lipinski definition) is 0. The first kappa shape index (κ1) is 49.3. The summed E-state index contributed by atoms with van der Waals surface area (Å²) in [6.07, 6.45) is 12.7. The molecule has 0 radical (unpaired) electrons. The van der Waals surface area contributed by atoms with E-state index in [2.05, 4.69) is 170 Å². The molecule has 0 nitrogen and oxygen atoms in total. The Morgan fingerprint density at radius 2 is 1.03 bits per heavy atom. The van der Waals surface area contributed by atoms with E-state index in [4.69, 9.17) is 23.2 Å². The molecule has 0 N–H and O–H groups in total. The zero-order chi connectivity index (χ0) is 42.0. The van der Waals surface area contributed by atoms with Gasteiger partial charge in [-0.1, -0.05) is 144 Å². The fourth-order valence-corrected chi connectivity index (χ4v) is 9.54. The fourth-order valence-electron chi connectivity index (χ4n) is 8.40. The van der Waals surface area contributed by atoms with Crippen molar-refractivity contribution in [3.63, 3.8) is 0 Å². The van der Waals surface area contributed by atoms with Crippen LogP contribution in [0.2, 0.25) is 10.0 Å². The minimum absolute atomic E-state index is 0. The second kappa shape index (κ2) is 17.8. The van der Waals surface area contributed by atoms with Crippen LogP contribution in [0.5, 0.6) is 0 Å². The third-order valence-electron chi connectivity index (χ3n) is 11.6. The average molecular weight is 942 g/mol. The van der Waals surface area contributed by atoms with E-state index in [-0.39, 0.29) is 46.5 Å². The van der Waals surface area contributed by atoms with Crippen LogP contribution in [0.3, 0.4) is 0 Å². The minimum Gasteiger partial charge on any atom is -1.00 e. The summed E-state index contributed by atoms with van der Waals surface area (Å²) in [6, 6.07) is 28.1. The van der Waals surface area contributed by atoms with E-state index in [0.29, 0.717) is 11.3 Å². The van der Waals surface area contributed by atoms with E-state index >= 15 is 0 Å². The molecule has 0 heterocycles. The standard InChI is InChI=1S/C31H37.C13H8Cl2.C10H15.2ClH.Zr/c1-28(2,3)26-16-30(7,8)24-12-18-11-19-13-25-23(15-21(19)20(18)14-22(24)26)27(29(4,5)6)17-31(25,9)10;14-12-5-1-3-10(8-12)7-11-4-2-6-13(15)9-11;1-8-5-6-9(7-8)10(2,3)4;;;/h11-17H,1-10H3;1-6,8-9H;6-8H,1-4H3;2*1H;/q-1;;-1;;;+2/p-2. The summed E-state index contributed by atoms with van der Waals surface area (Å²) in [5.41, 5.74) is 13.3. The first-order chi connectivity index (χ1) is 26.3. The van der Waals surface area contributed by atoms with Crippen LogP contribution in [0.15, 0.2) is 109 Å². The smallest absolute Gasteiger partial charge is 1.00 e. The van der Waals surface area contributed by atoms with Gasteiger partial charge in [-0.2, -0.15) is 11.6 Å². The van der Waals surface area contributed by atoms with E-state index in [1.54, 1.807) is 0 Å². The molecule has 5 aromatic carbocycles. The largest absolute Gasteiger partial charge is 1.00 e. The van der Waals surface area contributed by atoms with E-state index in [1.807, 2.05) is 36.4 Å². The predicted molar refractivity (Wildman–Crippen MR) is 249 cm³/mol. The van der Waals surface area contributed by atoms with Gasteiger partial charge < -0.3 is 24.8 Å². The van der Waals surface area contributed by atoms with Gasteiger partial charge in [-0.15, -0.1) is 39.7 Å². The summed E-state index contributed by atoms with van der Waals surface area (Å²) >= 11 is 13.3. The van der Waals surface area contributed by atoms with Gasteiger partial charge in [0.25, 0.3) is 0 Å². The van der Waals surface area contributed by atoms with Crippen LogP contribution in [0.1, 0.15) is 130 Å². The quantitative estimate of drug-likeness (QED) is 0.155. The molecule has 310 valence electrons. The molecule has 0 aliphatic heterocycles. The zero-order valence-corrected chi connectivity index (χ0v) is 42.9. The van der Waals surface area contributed by atoms with Gasteiger partial charge in [0, 0.05) is 10.8 Å². The number of allylic oxidation sites excluding steroid dienone is 8. The summed E-state index contributed by atoms with van der Waals surface area (Å²) in [4.78, 5) is 0. The molecule has 0 amide bonds. The molecule has 59 heavy (non-hydrogen) atoms. The molecule has 3 aliphatic rings. The summed E-state index contributed by atoms with van der Waals surface area (Å²) in [5.74, 6) is 0.522. The molecule has 1 atom stereocenters. The van der Waals surface area contributed by atoms with Crippen molar-refractivity contribution in [2.45, 2.75) is 108 Å². The molecule has 0 saturated heterocycles. The molecule has 0 spiro atoms. The number of halogens is 4. The first-order valence-corrected chi connectivity index (χ1v) is 22.4. The number of fused-ring (bicyclic) bond motifs is 5. The van der Waals surface area contributed by atoms with Crippen molar-refractivity contribution in [2.75, 3.05) is 0 Å². The van der Waals surface area contributed by atoms with Crippen LogP contribution in [-0.4, -0.2) is 3.21 Å². The van der Waals surface area contributed by atoms with Crippen molar-refractivity contribution < 1.29 is 49.0 Å². The van der Waals surface area contributed by atoms with Crippen molar-refractivity contribution in [2.24, 2.45) is 22.2 Å². The van der Waals surface area contributed by atoms with Gasteiger partial charge in [0.2, 0.25) is 0 Å². The third-order valence-corrected chi connectivity index (χ3v) is 13.5. The Kier molecular flexibility index (Phi) is 14.8. The van der Waals surface area contributed by atoms with Crippen molar-refractivity contribution in [3.05, 3.63) is 158 Å². The topological polar surface area (TPSA) is 0 Å². The van der Waals surface area contributed by atoms with E-state index in [1.165, 1.54) is 88.0 Å². The van der Waals surface area contributed by atoms with E-state index < -0.39 is 0 Å². The Labute approximate surface area is 393 Å². The van der Waals surface area contributed by atoms with Gasteiger partial charge in [0.15, 0.2) is 0 Å². The van der Waals surface area contributed by atoms with Gasteiger partial charge >= 0.3 is 120 Å². The molecule has 8 rings (SSSR count). The molecule has 0 bridgehead atoms. The Hall–Kier alpha value is -2.38. The second-order valence-electron chi connectivity index (χ2n) is 20.5. The monoisotopic (exact) mass is 938 g/mol. The molecule has 3 aliphatic carbocycles. The maximum Gasteiger partial charge on any atom is -1.00 e. The molecule has 1 unspecified atom stereocenters. The van der Waals surface area contributed by atoms with Crippen LogP contribution in [0, 0.1) is 28.2 Å². The van der Waals surface area contributed by atoms with Crippen molar-refractivity contribution >= 4 is 59.1 Å². The maximum absolute atomic E-state index is 5.98. The molecular weight excluding hydrogens is 882 g/mol. The van der Waals surface area contributed by atoms with Crippen LogP contribution in [-0.2, 0) is 35.1 Å². The molecule has 0 saturated carbocycles. The van der Waals surface area contributed by atoms with E-state index in [0.717, 1.165) is 21.2 Å². The summed E-state index contributed by atoms with van der Waals surface area (Å²) in [5, 5.41) is 7.10. The van der Waals surface area contributed by atoms with Crippen LogP contribution >= 0.6 is 23.2 Å². The van der Waals surface area contributed by atoms with Crippen molar-refractivity contribution in [3.8, 4) is 0 Å². The Balaban J connectivity index is 0.000000229. The molecule has 0 aromatic heterocycles. The van der Waals surface area contributed by atoms with Gasteiger partial charge in [-0.25, -0.2) is 6.08 Å². The summed E-state index contributed by atoms with van der Waals surface area (Å²) in [7, 11) is 0. The number of benzene rings is 4. The molecule has 5 aromatic rings. The van der Waals surface area contributed by atoms with Crippen molar-refractivity contribution in [1.29, 1.82) is 0 Å². The Morgan fingerprint density at radius 3 is 1.34 bits per heavy atom. The SMILES string of the molecule is CC(C)(C)C1=CC(C)(C)c2cc3[cH-]c4cc5c(cc4c3cc21)C(C(C)(C)C)=CC5(C)C.CC1[C-]=CC(C(C)(C)C)=C1.Clc1cccc([C](=[Zr+2])c2cccc(Cl)c2)c1.[Cl-].[Cl-]. The minimum atomic E-state index is 0. The molecular formula is C54H60Cl4Zr-2. The predicted octanol–water partition coefficient (Wildman–Crippen LogP) is 10.2. The zero-order valence-electron chi connectivity index (χ0n) is 37.4. The Bertz CT molecular complexity index is 2360. The van der Waals surface area contributed by atoms with Crippen LogP contribution < -0.4 is 24.8 Å². The molecule has 5 heteroatoms. The van der Waals surface area contributed by atoms with Gasteiger partial charge in [0.05, 0.1) is 0 Å². The van der Waals surface area contributed by atoms with Crippen molar-refractivity contribution in [1.82, 2.24) is 0 Å². The number of hydrogen-bond acceptors (Lipinski definition) is 0. The molecule has 0 fully saturated rings. The second-order valence-corrected chi connectivity index (χ2v) is 22.6. The van der Waals surface area contributed by atoms with E-state index in [9.17, 15) is 0 Å². The third kappa shape index (κ3) is 10.6. The average Bonchev–Trinajstić information content (AvgIpc) is 3.84. The fraction of sp³-hybridized carbons (Fsp3) is 0.370. The maximum atomic E-state index is 5.98.